The van der Waals surface area contributed by atoms with E-state index in [1.807, 2.05) is 30.3 Å². The van der Waals surface area contributed by atoms with E-state index in [9.17, 15) is 9.59 Å². The molecule has 106 valence electrons. The van der Waals surface area contributed by atoms with Crippen molar-refractivity contribution >= 4 is 17.6 Å². The molecule has 0 radical (unpaired) electrons. The lowest BCUT2D eigenvalue weighted by Gasteiger charge is -2.08. The maximum absolute atomic E-state index is 12.2. The van der Waals surface area contributed by atoms with Crippen molar-refractivity contribution in [2.75, 3.05) is 5.32 Å². The van der Waals surface area contributed by atoms with Crippen LogP contribution in [0.1, 0.15) is 28.3 Å². The number of carboxylic acids is 1. The van der Waals surface area contributed by atoms with Crippen molar-refractivity contribution in [3.05, 3.63) is 65.7 Å². The number of carboxylic acid groups (broad SMARTS) is 1. The number of nitrogens with one attached hydrogen (secondary N) is 1. The monoisotopic (exact) mass is 281 g/mol. The molecule has 1 fully saturated rings. The lowest BCUT2D eigenvalue weighted by Crippen LogP contribution is -2.16. The van der Waals surface area contributed by atoms with Crippen LogP contribution in [0.25, 0.3) is 0 Å². The molecule has 1 aliphatic carbocycles. The number of para-hydroxylation sites is 1. The predicted octanol–water partition coefficient (Wildman–Crippen LogP) is 3.13. The maximum atomic E-state index is 12.2. The second kappa shape index (κ2) is 5.40. The van der Waals surface area contributed by atoms with Crippen molar-refractivity contribution in [2.24, 2.45) is 5.92 Å². The molecule has 1 saturated carbocycles. The first kappa shape index (κ1) is 13.4. The number of hydrogen-bond acceptors (Lipinski definition) is 2. The Balaban J connectivity index is 1.70. The number of carbonyl (C=O) groups is 2. The van der Waals surface area contributed by atoms with E-state index >= 15 is 0 Å². The molecular weight excluding hydrogens is 266 g/mol. The quantitative estimate of drug-likeness (QED) is 0.904. The van der Waals surface area contributed by atoms with Crippen molar-refractivity contribution in [1.82, 2.24) is 0 Å². The third kappa shape index (κ3) is 2.79. The van der Waals surface area contributed by atoms with Crippen LogP contribution >= 0.6 is 0 Å². The van der Waals surface area contributed by atoms with Gasteiger partial charge in [0.15, 0.2) is 0 Å². The van der Waals surface area contributed by atoms with Gasteiger partial charge in [-0.2, -0.15) is 0 Å². The molecule has 0 aromatic heterocycles. The van der Waals surface area contributed by atoms with E-state index in [2.05, 4.69) is 5.32 Å². The van der Waals surface area contributed by atoms with Gasteiger partial charge in [-0.15, -0.1) is 0 Å². The van der Waals surface area contributed by atoms with Crippen LogP contribution in [0.4, 0.5) is 5.69 Å². The standard InChI is InChI=1S/C17H15NO3/c19-16(14-10-13(14)11-6-2-1-3-7-11)18-15-9-5-4-8-12(15)17(20)21/h1-9,13-14H,10H2,(H,18,19)(H,20,21). The zero-order chi connectivity index (χ0) is 14.8. The van der Waals surface area contributed by atoms with Gasteiger partial charge in [-0.3, -0.25) is 4.79 Å². The molecule has 0 saturated heterocycles. The Bertz CT molecular complexity index is 681. The molecule has 21 heavy (non-hydrogen) atoms. The van der Waals surface area contributed by atoms with E-state index in [1.54, 1.807) is 18.2 Å². The first-order valence-electron chi connectivity index (χ1n) is 6.85. The lowest BCUT2D eigenvalue weighted by atomic mass is 10.1. The number of aromatic carboxylic acids is 1. The van der Waals surface area contributed by atoms with Crippen LogP contribution in [0.15, 0.2) is 54.6 Å². The Morgan fingerprint density at radius 2 is 1.67 bits per heavy atom. The van der Waals surface area contributed by atoms with E-state index in [0.29, 0.717) is 5.69 Å². The Morgan fingerprint density at radius 1 is 1.00 bits per heavy atom. The van der Waals surface area contributed by atoms with E-state index in [4.69, 9.17) is 5.11 Å². The Labute approximate surface area is 122 Å². The zero-order valence-electron chi connectivity index (χ0n) is 11.3. The van der Waals surface area contributed by atoms with Crippen molar-refractivity contribution in [1.29, 1.82) is 0 Å². The molecule has 1 amide bonds. The number of anilines is 1. The third-order valence-electron chi connectivity index (χ3n) is 3.77. The highest BCUT2D eigenvalue weighted by Crippen LogP contribution is 2.47. The average molecular weight is 281 g/mol. The second-order valence-electron chi connectivity index (χ2n) is 5.20. The molecule has 1 aliphatic rings. The minimum absolute atomic E-state index is 0.0748. The summed E-state index contributed by atoms with van der Waals surface area (Å²) in [6.07, 6.45) is 0.811. The van der Waals surface area contributed by atoms with Gasteiger partial charge in [0.25, 0.3) is 0 Å². The summed E-state index contributed by atoms with van der Waals surface area (Å²) >= 11 is 0. The maximum Gasteiger partial charge on any atom is 0.337 e. The van der Waals surface area contributed by atoms with Gasteiger partial charge < -0.3 is 10.4 Å². The SMILES string of the molecule is O=C(O)c1ccccc1NC(=O)C1CC1c1ccccc1. The smallest absolute Gasteiger partial charge is 0.337 e. The van der Waals surface area contributed by atoms with Crippen LogP contribution in [0, 0.1) is 5.92 Å². The largest absolute Gasteiger partial charge is 0.478 e. The minimum Gasteiger partial charge on any atom is -0.478 e. The first-order chi connectivity index (χ1) is 10.2. The van der Waals surface area contributed by atoms with Gasteiger partial charge in [-0.05, 0) is 30.0 Å². The fourth-order valence-electron chi connectivity index (χ4n) is 2.56. The molecule has 4 nitrogen and oxygen atoms in total. The third-order valence-corrected chi connectivity index (χ3v) is 3.77. The molecular formula is C17H15NO3. The first-order valence-corrected chi connectivity index (χ1v) is 6.85. The van der Waals surface area contributed by atoms with E-state index in [0.717, 1.165) is 12.0 Å². The predicted molar refractivity (Wildman–Crippen MR) is 79.3 cm³/mol. The average Bonchev–Trinajstić information content (AvgIpc) is 3.29. The van der Waals surface area contributed by atoms with E-state index in [1.165, 1.54) is 6.07 Å². The van der Waals surface area contributed by atoms with Gasteiger partial charge in [-0.1, -0.05) is 42.5 Å². The summed E-state index contributed by atoms with van der Waals surface area (Å²) in [5, 5.41) is 11.8. The van der Waals surface area contributed by atoms with Gasteiger partial charge in [0, 0.05) is 5.92 Å². The molecule has 0 heterocycles. The van der Waals surface area contributed by atoms with Crippen molar-refractivity contribution in [3.63, 3.8) is 0 Å². The summed E-state index contributed by atoms with van der Waals surface area (Å²) < 4.78 is 0. The van der Waals surface area contributed by atoms with Gasteiger partial charge in [0.2, 0.25) is 5.91 Å². The second-order valence-corrected chi connectivity index (χ2v) is 5.20. The molecule has 2 aromatic carbocycles. The van der Waals surface area contributed by atoms with E-state index < -0.39 is 5.97 Å². The molecule has 0 spiro atoms. The molecule has 3 rings (SSSR count). The molecule has 0 aliphatic heterocycles. The molecule has 2 atom stereocenters. The topological polar surface area (TPSA) is 66.4 Å². The fourth-order valence-corrected chi connectivity index (χ4v) is 2.56. The van der Waals surface area contributed by atoms with Gasteiger partial charge in [0.1, 0.15) is 0 Å². The minimum atomic E-state index is -1.04. The van der Waals surface area contributed by atoms with Crippen LogP contribution in [0.2, 0.25) is 0 Å². The number of amides is 1. The van der Waals surface area contributed by atoms with Crippen LogP contribution in [0.3, 0.4) is 0 Å². The van der Waals surface area contributed by atoms with Crippen LogP contribution in [-0.4, -0.2) is 17.0 Å². The van der Waals surface area contributed by atoms with Gasteiger partial charge in [-0.25, -0.2) is 4.79 Å². The summed E-state index contributed by atoms with van der Waals surface area (Å²) in [7, 11) is 0. The number of benzene rings is 2. The summed E-state index contributed by atoms with van der Waals surface area (Å²) in [5.41, 5.74) is 1.63. The summed E-state index contributed by atoms with van der Waals surface area (Å²) in [6, 6.07) is 16.4. The Kier molecular flexibility index (Phi) is 3.44. The van der Waals surface area contributed by atoms with Gasteiger partial charge in [0.05, 0.1) is 11.3 Å². The molecule has 2 aromatic rings. The van der Waals surface area contributed by atoms with Crippen molar-refractivity contribution < 1.29 is 14.7 Å². The molecule has 4 heteroatoms. The van der Waals surface area contributed by atoms with E-state index in [-0.39, 0.29) is 23.3 Å². The summed E-state index contributed by atoms with van der Waals surface area (Å²) in [4.78, 5) is 23.4. The van der Waals surface area contributed by atoms with Crippen molar-refractivity contribution in [2.45, 2.75) is 12.3 Å². The summed E-state index contributed by atoms with van der Waals surface area (Å²) in [5.74, 6) is -0.990. The normalized spacial score (nSPS) is 19.8. The Hall–Kier alpha value is -2.62. The fraction of sp³-hybridized carbons (Fsp3) is 0.176. The highest BCUT2D eigenvalue weighted by Gasteiger charge is 2.43. The Morgan fingerprint density at radius 3 is 2.38 bits per heavy atom. The van der Waals surface area contributed by atoms with Crippen LogP contribution in [-0.2, 0) is 4.79 Å². The lowest BCUT2D eigenvalue weighted by molar-refractivity contribution is -0.117. The number of rotatable bonds is 4. The highest BCUT2D eigenvalue weighted by molar-refractivity contribution is 6.02. The number of carbonyl (C=O) groups excluding carboxylic acids is 1. The number of hydrogen-bond donors (Lipinski definition) is 2. The molecule has 2 unspecified atom stereocenters. The highest BCUT2D eigenvalue weighted by atomic mass is 16.4. The van der Waals surface area contributed by atoms with Gasteiger partial charge >= 0.3 is 5.97 Å². The van der Waals surface area contributed by atoms with Crippen LogP contribution in [0.5, 0.6) is 0 Å². The zero-order valence-corrected chi connectivity index (χ0v) is 11.3. The van der Waals surface area contributed by atoms with Crippen molar-refractivity contribution in [3.8, 4) is 0 Å². The summed E-state index contributed by atoms with van der Waals surface area (Å²) in [6.45, 7) is 0. The van der Waals surface area contributed by atoms with Crippen LogP contribution < -0.4 is 5.32 Å². The molecule has 2 N–H and O–H groups in total. The molecule has 0 bridgehead atoms.